The van der Waals surface area contributed by atoms with Crippen LogP contribution in [0.3, 0.4) is 0 Å². The van der Waals surface area contributed by atoms with Gasteiger partial charge in [-0.3, -0.25) is 9.97 Å². The molecule has 0 bridgehead atoms. The summed E-state index contributed by atoms with van der Waals surface area (Å²) in [5.74, 6) is 0.105. The van der Waals surface area contributed by atoms with Crippen LogP contribution in [0.4, 0.5) is 4.39 Å². The second-order valence-corrected chi connectivity index (χ2v) is 3.46. The van der Waals surface area contributed by atoms with Gasteiger partial charge in [0.25, 0.3) is 0 Å². The van der Waals surface area contributed by atoms with Crippen molar-refractivity contribution in [3.05, 3.63) is 53.9 Å². The van der Waals surface area contributed by atoms with E-state index in [1.54, 1.807) is 6.07 Å². The van der Waals surface area contributed by atoms with Crippen LogP contribution in [0, 0.1) is 5.82 Å². The lowest BCUT2D eigenvalue weighted by Crippen LogP contribution is -2.03. The Hall–Kier alpha value is -2.01. The molecule has 2 rings (SSSR count). The Morgan fingerprint density at radius 2 is 2.12 bits per heavy atom. The molecule has 0 radical (unpaired) electrons. The van der Waals surface area contributed by atoms with Gasteiger partial charge >= 0.3 is 0 Å². The molecule has 2 heterocycles. The van der Waals surface area contributed by atoms with Crippen LogP contribution in [-0.2, 0) is 0 Å². The number of halogens is 1. The molecule has 2 aromatic heterocycles. The van der Waals surface area contributed by atoms with E-state index in [0.29, 0.717) is 17.0 Å². The molecular formula is C12H11FN2O2. The maximum atomic E-state index is 12.7. The highest BCUT2D eigenvalue weighted by atomic mass is 19.1. The van der Waals surface area contributed by atoms with Gasteiger partial charge in [0.05, 0.1) is 25.2 Å². The first-order valence-corrected chi connectivity index (χ1v) is 4.99. The maximum Gasteiger partial charge on any atom is 0.141 e. The van der Waals surface area contributed by atoms with Gasteiger partial charge in [-0.15, -0.1) is 0 Å². The number of aromatic nitrogens is 2. The van der Waals surface area contributed by atoms with Gasteiger partial charge in [-0.1, -0.05) is 0 Å². The van der Waals surface area contributed by atoms with Crippen molar-refractivity contribution in [3.8, 4) is 5.75 Å². The Labute approximate surface area is 97.7 Å². The predicted octanol–water partition coefficient (Wildman–Crippen LogP) is 1.71. The molecule has 1 N–H and O–H groups in total. The lowest BCUT2D eigenvalue weighted by Gasteiger charge is -2.10. The van der Waals surface area contributed by atoms with Gasteiger partial charge in [0.15, 0.2) is 0 Å². The normalized spacial score (nSPS) is 12.2. The van der Waals surface area contributed by atoms with Gasteiger partial charge in [0, 0.05) is 11.8 Å². The molecule has 0 aromatic carbocycles. The number of pyridine rings is 2. The first kappa shape index (κ1) is 11.5. The fourth-order valence-corrected chi connectivity index (χ4v) is 1.42. The Morgan fingerprint density at radius 1 is 1.29 bits per heavy atom. The van der Waals surface area contributed by atoms with Crippen molar-refractivity contribution in [1.29, 1.82) is 0 Å². The standard InChI is InChI=1S/C12H11FN2O2/c1-17-10-4-8(5-14-7-10)12(16)11-3-2-9(13)6-15-11/h2-7,12,16H,1H3. The minimum Gasteiger partial charge on any atom is -0.495 e. The molecule has 0 saturated heterocycles. The van der Waals surface area contributed by atoms with Crippen LogP contribution in [0.1, 0.15) is 17.4 Å². The van der Waals surface area contributed by atoms with E-state index in [4.69, 9.17) is 4.74 Å². The van der Waals surface area contributed by atoms with E-state index >= 15 is 0 Å². The summed E-state index contributed by atoms with van der Waals surface area (Å²) in [6, 6.07) is 4.33. The van der Waals surface area contributed by atoms with E-state index < -0.39 is 11.9 Å². The second-order valence-electron chi connectivity index (χ2n) is 3.46. The molecule has 0 fully saturated rings. The molecule has 0 spiro atoms. The van der Waals surface area contributed by atoms with Crippen LogP contribution in [0.2, 0.25) is 0 Å². The van der Waals surface area contributed by atoms with Gasteiger partial charge < -0.3 is 9.84 Å². The summed E-state index contributed by atoms with van der Waals surface area (Å²) in [7, 11) is 1.52. The molecular weight excluding hydrogens is 223 g/mol. The minimum absolute atomic E-state index is 0.362. The van der Waals surface area contributed by atoms with E-state index in [9.17, 15) is 9.50 Å². The van der Waals surface area contributed by atoms with Crippen LogP contribution in [-0.4, -0.2) is 22.2 Å². The molecule has 88 valence electrons. The zero-order chi connectivity index (χ0) is 12.3. The third-order valence-corrected chi connectivity index (χ3v) is 2.32. The average Bonchev–Trinajstić information content (AvgIpc) is 2.39. The van der Waals surface area contributed by atoms with Crippen LogP contribution in [0.5, 0.6) is 5.75 Å². The number of aliphatic hydroxyl groups is 1. The summed E-state index contributed by atoms with van der Waals surface area (Å²) in [6.45, 7) is 0. The van der Waals surface area contributed by atoms with Crippen molar-refractivity contribution >= 4 is 0 Å². The smallest absolute Gasteiger partial charge is 0.141 e. The van der Waals surface area contributed by atoms with E-state index in [2.05, 4.69) is 9.97 Å². The zero-order valence-electron chi connectivity index (χ0n) is 9.17. The Morgan fingerprint density at radius 3 is 2.76 bits per heavy atom. The summed E-state index contributed by atoms with van der Waals surface area (Å²) in [5.41, 5.74) is 0.907. The summed E-state index contributed by atoms with van der Waals surface area (Å²) >= 11 is 0. The van der Waals surface area contributed by atoms with Crippen molar-refractivity contribution in [2.45, 2.75) is 6.10 Å². The van der Waals surface area contributed by atoms with E-state index in [-0.39, 0.29) is 0 Å². The van der Waals surface area contributed by atoms with Crippen LogP contribution >= 0.6 is 0 Å². The number of aliphatic hydroxyl groups excluding tert-OH is 1. The van der Waals surface area contributed by atoms with Crippen LogP contribution < -0.4 is 4.74 Å². The predicted molar refractivity (Wildman–Crippen MR) is 59.0 cm³/mol. The molecule has 0 aliphatic carbocycles. The molecule has 0 saturated carbocycles. The summed E-state index contributed by atoms with van der Waals surface area (Å²) in [6.07, 6.45) is 3.16. The van der Waals surface area contributed by atoms with Crippen molar-refractivity contribution in [3.63, 3.8) is 0 Å². The number of methoxy groups -OCH3 is 1. The zero-order valence-corrected chi connectivity index (χ0v) is 9.17. The van der Waals surface area contributed by atoms with Crippen LogP contribution in [0.15, 0.2) is 36.8 Å². The van der Waals surface area contributed by atoms with E-state index in [1.165, 1.54) is 31.6 Å². The number of rotatable bonds is 3. The van der Waals surface area contributed by atoms with Gasteiger partial charge in [0.2, 0.25) is 0 Å². The first-order valence-electron chi connectivity index (χ1n) is 4.99. The third-order valence-electron chi connectivity index (χ3n) is 2.32. The minimum atomic E-state index is -0.946. The number of hydrogen-bond donors (Lipinski definition) is 1. The fraction of sp³-hybridized carbons (Fsp3) is 0.167. The van der Waals surface area contributed by atoms with E-state index in [0.717, 1.165) is 6.20 Å². The molecule has 17 heavy (non-hydrogen) atoms. The molecule has 4 nitrogen and oxygen atoms in total. The molecule has 0 aliphatic rings. The topological polar surface area (TPSA) is 55.2 Å². The lowest BCUT2D eigenvalue weighted by molar-refractivity contribution is 0.214. The molecule has 2 aromatic rings. The van der Waals surface area contributed by atoms with Gasteiger partial charge in [-0.25, -0.2) is 4.39 Å². The maximum absolute atomic E-state index is 12.7. The van der Waals surface area contributed by atoms with Crippen molar-refractivity contribution in [1.82, 2.24) is 9.97 Å². The summed E-state index contributed by atoms with van der Waals surface area (Å²) < 4.78 is 17.7. The SMILES string of the molecule is COc1cncc(C(O)c2ccc(F)cn2)c1. The van der Waals surface area contributed by atoms with Crippen molar-refractivity contribution < 1.29 is 14.2 Å². The van der Waals surface area contributed by atoms with Crippen LogP contribution in [0.25, 0.3) is 0 Å². The second kappa shape index (κ2) is 4.88. The average molecular weight is 234 g/mol. The highest BCUT2D eigenvalue weighted by Gasteiger charge is 2.13. The molecule has 1 atom stereocenters. The van der Waals surface area contributed by atoms with Gasteiger partial charge in [0.1, 0.15) is 17.7 Å². The molecule has 0 aliphatic heterocycles. The monoisotopic (exact) mass is 234 g/mol. The Kier molecular flexibility index (Phi) is 3.30. The lowest BCUT2D eigenvalue weighted by atomic mass is 10.1. The van der Waals surface area contributed by atoms with Gasteiger partial charge in [-0.05, 0) is 18.2 Å². The highest BCUT2D eigenvalue weighted by molar-refractivity contribution is 5.29. The number of hydrogen-bond acceptors (Lipinski definition) is 4. The van der Waals surface area contributed by atoms with Gasteiger partial charge in [-0.2, -0.15) is 0 Å². The highest BCUT2D eigenvalue weighted by Crippen LogP contribution is 2.22. The molecule has 0 amide bonds. The number of ether oxygens (including phenoxy) is 1. The summed E-state index contributed by atoms with van der Waals surface area (Å²) in [5, 5.41) is 10.0. The largest absolute Gasteiger partial charge is 0.495 e. The summed E-state index contributed by atoms with van der Waals surface area (Å²) in [4.78, 5) is 7.75. The third kappa shape index (κ3) is 2.57. The van der Waals surface area contributed by atoms with E-state index in [1.807, 2.05) is 0 Å². The fourth-order valence-electron chi connectivity index (χ4n) is 1.42. The number of nitrogens with zero attached hydrogens (tertiary/aromatic N) is 2. The van der Waals surface area contributed by atoms with Crippen molar-refractivity contribution in [2.75, 3.05) is 7.11 Å². The van der Waals surface area contributed by atoms with Crippen molar-refractivity contribution in [2.24, 2.45) is 0 Å². The quantitative estimate of drug-likeness (QED) is 0.878. The Balaban J connectivity index is 2.29. The molecule has 5 heteroatoms. The Bertz CT molecular complexity index is 502. The first-order chi connectivity index (χ1) is 8.20. The molecule has 1 unspecified atom stereocenters.